The molecule has 0 N–H and O–H groups in total. The summed E-state index contributed by atoms with van der Waals surface area (Å²) in [6.45, 7) is 3.22. The van der Waals surface area contributed by atoms with Gasteiger partial charge in [-0.05, 0) is 44.4 Å². The van der Waals surface area contributed by atoms with Crippen molar-refractivity contribution < 1.29 is 4.79 Å². The molecule has 0 radical (unpaired) electrons. The number of hydrogen-bond donors (Lipinski definition) is 0. The maximum atomic E-state index is 12.2. The highest BCUT2D eigenvalue weighted by atomic mass is 79.9. The van der Waals surface area contributed by atoms with Gasteiger partial charge in [0.15, 0.2) is 0 Å². The van der Waals surface area contributed by atoms with Crippen molar-refractivity contribution in [3.63, 3.8) is 0 Å². The van der Waals surface area contributed by atoms with E-state index < -0.39 is 0 Å². The molecule has 0 aliphatic heterocycles. The molecule has 1 aliphatic rings. The summed E-state index contributed by atoms with van der Waals surface area (Å²) >= 11 is 3.43. The molecule has 1 saturated carbocycles. The Morgan fingerprint density at radius 1 is 1.18 bits per heavy atom. The number of halogens is 1. The third kappa shape index (κ3) is 5.41. The quantitative estimate of drug-likeness (QED) is 0.539. The minimum atomic E-state index is 0.312. The Morgan fingerprint density at radius 2 is 1.82 bits per heavy atom. The van der Waals surface area contributed by atoms with Gasteiger partial charge in [0.1, 0.15) is 0 Å². The molecule has 0 heterocycles. The van der Waals surface area contributed by atoms with Crippen LogP contribution in [0, 0.1) is 11.8 Å². The molecular formula is C14H26BrNO. The lowest BCUT2D eigenvalue weighted by molar-refractivity contribution is -0.135. The van der Waals surface area contributed by atoms with Crippen LogP contribution in [0.15, 0.2) is 0 Å². The molecule has 0 atom stereocenters. The number of amides is 1. The predicted molar refractivity (Wildman–Crippen MR) is 76.4 cm³/mol. The Balaban J connectivity index is 2.21. The first-order chi connectivity index (χ1) is 8.15. The number of carbonyl (C=O) groups is 1. The normalized spacial score (nSPS) is 24.6. The average Bonchev–Trinajstić information content (AvgIpc) is 2.34. The summed E-state index contributed by atoms with van der Waals surface area (Å²) in [5.74, 6) is 1.52. The van der Waals surface area contributed by atoms with Crippen molar-refractivity contribution >= 4 is 21.8 Å². The monoisotopic (exact) mass is 303 g/mol. The van der Waals surface area contributed by atoms with E-state index in [1.807, 2.05) is 11.9 Å². The van der Waals surface area contributed by atoms with Crippen molar-refractivity contribution in [2.75, 3.05) is 18.9 Å². The van der Waals surface area contributed by atoms with Gasteiger partial charge in [0.25, 0.3) is 0 Å². The number of rotatable bonds is 6. The minimum Gasteiger partial charge on any atom is -0.346 e. The van der Waals surface area contributed by atoms with Crippen molar-refractivity contribution in [2.45, 2.75) is 51.9 Å². The molecule has 1 aliphatic carbocycles. The van der Waals surface area contributed by atoms with E-state index >= 15 is 0 Å². The average molecular weight is 304 g/mol. The lowest BCUT2D eigenvalue weighted by Gasteiger charge is -2.29. The highest BCUT2D eigenvalue weighted by Crippen LogP contribution is 2.29. The van der Waals surface area contributed by atoms with E-state index in [2.05, 4.69) is 22.9 Å². The Hall–Kier alpha value is -0.0500. The standard InChI is InChI=1S/C14H26BrNO/c1-12-6-8-13(9-7-12)14(17)16(2)11-5-3-4-10-15/h12-13H,3-11H2,1-2H3. The second-order valence-electron chi connectivity index (χ2n) is 5.47. The number of carbonyl (C=O) groups excluding carboxylic acids is 1. The van der Waals surface area contributed by atoms with Crippen LogP contribution in [0.3, 0.4) is 0 Å². The van der Waals surface area contributed by atoms with Crippen LogP contribution >= 0.6 is 15.9 Å². The highest BCUT2D eigenvalue weighted by Gasteiger charge is 2.26. The molecule has 100 valence electrons. The smallest absolute Gasteiger partial charge is 0.225 e. The molecule has 1 rings (SSSR count). The molecule has 3 heteroatoms. The van der Waals surface area contributed by atoms with Gasteiger partial charge in [0.05, 0.1) is 0 Å². The van der Waals surface area contributed by atoms with Crippen molar-refractivity contribution in [3.05, 3.63) is 0 Å². The van der Waals surface area contributed by atoms with Crippen molar-refractivity contribution in [2.24, 2.45) is 11.8 Å². The van der Waals surface area contributed by atoms with Crippen LogP contribution in [0.5, 0.6) is 0 Å². The Kier molecular flexibility index (Phi) is 7.17. The van der Waals surface area contributed by atoms with Gasteiger partial charge in [0.2, 0.25) is 5.91 Å². The first-order valence-corrected chi connectivity index (χ1v) is 8.08. The summed E-state index contributed by atoms with van der Waals surface area (Å²) in [5.41, 5.74) is 0. The molecule has 0 aromatic rings. The molecule has 17 heavy (non-hydrogen) atoms. The number of unbranched alkanes of at least 4 members (excludes halogenated alkanes) is 2. The van der Waals surface area contributed by atoms with Crippen LogP contribution in [0.4, 0.5) is 0 Å². The lowest BCUT2D eigenvalue weighted by atomic mass is 9.82. The van der Waals surface area contributed by atoms with Gasteiger partial charge in [-0.15, -0.1) is 0 Å². The van der Waals surface area contributed by atoms with Gasteiger partial charge < -0.3 is 4.90 Å². The van der Waals surface area contributed by atoms with Gasteiger partial charge in [-0.1, -0.05) is 29.3 Å². The summed E-state index contributed by atoms with van der Waals surface area (Å²) in [5, 5.41) is 1.07. The second kappa shape index (κ2) is 8.12. The van der Waals surface area contributed by atoms with Gasteiger partial charge in [-0.3, -0.25) is 4.79 Å². The summed E-state index contributed by atoms with van der Waals surface area (Å²) in [7, 11) is 1.97. The molecule has 0 saturated heterocycles. The molecule has 0 spiro atoms. The zero-order valence-corrected chi connectivity index (χ0v) is 12.8. The Labute approximate surface area is 114 Å². The van der Waals surface area contributed by atoms with E-state index in [9.17, 15) is 4.79 Å². The van der Waals surface area contributed by atoms with Gasteiger partial charge >= 0.3 is 0 Å². The predicted octanol–water partition coefficient (Wildman–Crippen LogP) is 3.84. The first kappa shape index (κ1) is 15.0. The van der Waals surface area contributed by atoms with Gasteiger partial charge in [-0.2, -0.15) is 0 Å². The maximum Gasteiger partial charge on any atom is 0.225 e. The van der Waals surface area contributed by atoms with E-state index in [1.54, 1.807) is 0 Å². The van der Waals surface area contributed by atoms with Crippen molar-refractivity contribution in [3.8, 4) is 0 Å². The van der Waals surface area contributed by atoms with Crippen LogP contribution in [-0.4, -0.2) is 29.7 Å². The van der Waals surface area contributed by atoms with Crippen LogP contribution < -0.4 is 0 Å². The first-order valence-electron chi connectivity index (χ1n) is 6.96. The molecule has 1 fully saturated rings. The van der Waals surface area contributed by atoms with E-state index in [0.717, 1.165) is 37.1 Å². The number of alkyl halides is 1. The maximum absolute atomic E-state index is 12.2. The Morgan fingerprint density at radius 3 is 2.41 bits per heavy atom. The molecule has 0 aromatic carbocycles. The molecular weight excluding hydrogens is 278 g/mol. The summed E-state index contributed by atoms with van der Waals surface area (Å²) in [4.78, 5) is 14.1. The second-order valence-corrected chi connectivity index (χ2v) is 6.26. The third-order valence-electron chi connectivity index (χ3n) is 3.87. The molecule has 1 amide bonds. The highest BCUT2D eigenvalue weighted by molar-refractivity contribution is 9.09. The van der Waals surface area contributed by atoms with E-state index in [0.29, 0.717) is 11.8 Å². The van der Waals surface area contributed by atoms with Crippen LogP contribution in [0.25, 0.3) is 0 Å². The van der Waals surface area contributed by atoms with Crippen molar-refractivity contribution in [1.82, 2.24) is 4.90 Å². The largest absolute Gasteiger partial charge is 0.346 e. The van der Waals surface area contributed by atoms with E-state index in [-0.39, 0.29) is 0 Å². The summed E-state index contributed by atoms with van der Waals surface area (Å²) < 4.78 is 0. The lowest BCUT2D eigenvalue weighted by Crippen LogP contribution is -2.35. The van der Waals surface area contributed by atoms with Crippen molar-refractivity contribution in [1.29, 1.82) is 0 Å². The van der Waals surface area contributed by atoms with Gasteiger partial charge in [-0.25, -0.2) is 0 Å². The molecule has 2 nitrogen and oxygen atoms in total. The summed E-state index contributed by atoms with van der Waals surface area (Å²) in [6.07, 6.45) is 8.23. The van der Waals surface area contributed by atoms with Crippen LogP contribution in [-0.2, 0) is 4.79 Å². The fourth-order valence-electron chi connectivity index (χ4n) is 2.55. The zero-order valence-electron chi connectivity index (χ0n) is 11.3. The fourth-order valence-corrected chi connectivity index (χ4v) is 2.95. The fraction of sp³-hybridized carbons (Fsp3) is 0.929. The summed E-state index contributed by atoms with van der Waals surface area (Å²) in [6, 6.07) is 0. The Bertz CT molecular complexity index is 224. The molecule has 0 unspecified atom stereocenters. The zero-order chi connectivity index (χ0) is 12.7. The van der Waals surface area contributed by atoms with E-state index in [4.69, 9.17) is 0 Å². The van der Waals surface area contributed by atoms with Crippen LogP contribution in [0.2, 0.25) is 0 Å². The molecule has 0 aromatic heterocycles. The molecule has 0 bridgehead atoms. The SMILES string of the molecule is CC1CCC(C(=O)N(C)CCCCCBr)CC1. The number of nitrogens with zero attached hydrogens (tertiary/aromatic N) is 1. The van der Waals surface area contributed by atoms with E-state index in [1.165, 1.54) is 25.7 Å². The van der Waals surface area contributed by atoms with Crippen LogP contribution in [0.1, 0.15) is 51.9 Å². The van der Waals surface area contributed by atoms with Gasteiger partial charge in [0, 0.05) is 24.8 Å². The minimum absolute atomic E-state index is 0.312. The third-order valence-corrected chi connectivity index (χ3v) is 4.43. The number of hydrogen-bond acceptors (Lipinski definition) is 1. The topological polar surface area (TPSA) is 20.3 Å².